The zero-order valence-corrected chi connectivity index (χ0v) is 43.8. The number of benzene rings is 2. The van der Waals surface area contributed by atoms with Crippen molar-refractivity contribution in [3.8, 4) is 33.3 Å². The molecule has 1 unspecified atom stereocenters. The maximum Gasteiger partial charge on any atom is 0.243 e. The molecule has 5 N–H and O–H groups in total. The molecule has 5 fully saturated rings. The number of piperazine rings is 1. The Morgan fingerprint density at radius 3 is 2.37 bits per heavy atom. The number of phenolic OH excluding ortho intramolecular Hbond substituents is 1. The molecule has 2 amide bonds. The summed E-state index contributed by atoms with van der Waals surface area (Å²) in [4.78, 5) is 46.8. The number of nitrogens with one attached hydrogen (secondary N) is 1. The number of phenols is 1. The molecule has 5 aliphatic rings. The van der Waals surface area contributed by atoms with Crippen molar-refractivity contribution in [1.82, 2.24) is 35.5 Å². The topological polar surface area (TPSA) is 222 Å². The van der Waals surface area contributed by atoms with Gasteiger partial charge in [-0.05, 0) is 86.8 Å². The average molecular weight is 1040 g/mol. The number of anilines is 4. The highest BCUT2D eigenvalue weighted by Gasteiger charge is 2.45. The number of nitrogens with two attached hydrogens (primary N) is 1. The summed E-state index contributed by atoms with van der Waals surface area (Å²) in [6.45, 7) is 11.8. The number of amides is 2. The van der Waals surface area contributed by atoms with E-state index in [9.17, 15) is 19.8 Å². The first-order chi connectivity index (χ1) is 36.3. The fourth-order valence-electron chi connectivity index (χ4n) is 11.8. The molecule has 394 valence electrons. The van der Waals surface area contributed by atoms with Gasteiger partial charge in [0.15, 0.2) is 17.4 Å². The first kappa shape index (κ1) is 50.3. The van der Waals surface area contributed by atoms with Crippen LogP contribution < -0.4 is 30.5 Å². The van der Waals surface area contributed by atoms with Crippen molar-refractivity contribution < 1.29 is 33.8 Å². The minimum absolute atomic E-state index is 0.0484. The number of carbonyl (C=O) groups is 2. The molecule has 4 aliphatic heterocycles. The van der Waals surface area contributed by atoms with Crippen LogP contribution in [0.2, 0.25) is 0 Å². The SMILES string of the molecule is Cc1ncsc1-c1ccc([C@H](C)NC(=O)[C@@H]2C[C@@H](O)CN2C(=O)[C@@H](c2cc(N3CCC(COC4CC(Oc5cc(N6C7CC[C@@H]6CN(c6cc(-c8ccccc8O)nnc6N)C7)ccn5)C4)CC3)no2)C(C)C)cc1. The van der Waals surface area contributed by atoms with Crippen molar-refractivity contribution >= 4 is 46.2 Å². The molecule has 4 aromatic heterocycles. The van der Waals surface area contributed by atoms with E-state index in [1.807, 2.05) is 87.9 Å². The van der Waals surface area contributed by atoms with Crippen LogP contribution in [0.3, 0.4) is 0 Å². The maximum absolute atomic E-state index is 14.4. The molecule has 19 heteroatoms. The summed E-state index contributed by atoms with van der Waals surface area (Å²) in [6, 6.07) is 22.6. The van der Waals surface area contributed by atoms with Crippen molar-refractivity contribution in [2.45, 2.75) is 121 Å². The predicted molar refractivity (Wildman–Crippen MR) is 287 cm³/mol. The highest BCUT2D eigenvalue weighted by atomic mass is 32.1. The van der Waals surface area contributed by atoms with Gasteiger partial charge in [-0.1, -0.05) is 55.4 Å². The molecule has 18 nitrogen and oxygen atoms in total. The Hall–Kier alpha value is -6.83. The van der Waals surface area contributed by atoms with Gasteiger partial charge in [-0.2, -0.15) is 0 Å². The molecule has 11 rings (SSSR count). The zero-order chi connectivity index (χ0) is 51.9. The van der Waals surface area contributed by atoms with Crippen LogP contribution in [0.25, 0.3) is 21.7 Å². The van der Waals surface area contributed by atoms with Gasteiger partial charge in [0.25, 0.3) is 0 Å². The van der Waals surface area contributed by atoms with Crippen LogP contribution in [0.5, 0.6) is 11.6 Å². The second kappa shape index (κ2) is 21.4. The van der Waals surface area contributed by atoms with E-state index in [-0.39, 0.29) is 66.8 Å². The molecule has 2 aromatic carbocycles. The fourth-order valence-corrected chi connectivity index (χ4v) is 12.6. The minimum atomic E-state index is -0.812. The first-order valence-electron chi connectivity index (χ1n) is 26.5. The number of likely N-dealkylation sites (tertiary alicyclic amines) is 1. The average Bonchev–Trinajstić information content (AvgIpc) is 4.21. The molecule has 0 spiro atoms. The smallest absolute Gasteiger partial charge is 0.243 e. The standard InChI is InChI=1S/C56H67N11O7S/c1-32(2)52(56(71)66-29-41(68)22-47(66)55(70)60-33(3)36-9-11-37(12-10-36)53-34(4)59-31-75-53)49-26-50(63-74-49)64-19-16-35(17-20-64)30-72-42-23-43(24-42)73-51-21-38(15-18-58-51)67-39-13-14-40(67)28-65(27-39)46-25-45(61-62-54(46)57)44-7-5-6-8-48(44)69/h5-12,15,18,21,25-26,31-33,35,39-43,47,52,68-69H,13-14,16-17,19-20,22-24,27-30H2,1-4H3,(H2,57,62)(H,60,70)/t33-,39+,40?,41+,42?,43?,47-,52+/m0/s1. The van der Waals surface area contributed by atoms with Crippen molar-refractivity contribution in [1.29, 1.82) is 0 Å². The van der Waals surface area contributed by atoms with Crippen molar-refractivity contribution in [2.75, 3.05) is 59.8 Å². The summed E-state index contributed by atoms with van der Waals surface area (Å²) in [6.07, 6.45) is 7.04. The fraction of sp³-hybridized carbons (Fsp3) is 0.482. The summed E-state index contributed by atoms with van der Waals surface area (Å²) in [5, 5.41) is 37.3. The van der Waals surface area contributed by atoms with E-state index in [0.717, 1.165) is 97.8 Å². The lowest BCUT2D eigenvalue weighted by molar-refractivity contribution is -0.141. The van der Waals surface area contributed by atoms with Gasteiger partial charge in [0.2, 0.25) is 17.7 Å². The number of thiazole rings is 1. The number of piperidine rings is 1. The maximum atomic E-state index is 14.4. The van der Waals surface area contributed by atoms with E-state index in [2.05, 4.69) is 57.5 Å². The Kier molecular flexibility index (Phi) is 14.4. The van der Waals surface area contributed by atoms with E-state index in [0.29, 0.717) is 47.1 Å². The van der Waals surface area contributed by atoms with E-state index in [1.165, 1.54) is 4.90 Å². The Morgan fingerprint density at radius 2 is 1.65 bits per heavy atom. The third-order valence-electron chi connectivity index (χ3n) is 16.1. The summed E-state index contributed by atoms with van der Waals surface area (Å²) >= 11 is 1.60. The number of aliphatic hydroxyl groups is 1. The number of nitrogen functional groups attached to an aromatic ring is 1. The second-order valence-corrected chi connectivity index (χ2v) is 22.3. The van der Waals surface area contributed by atoms with Crippen molar-refractivity contribution in [2.24, 2.45) is 11.8 Å². The number of ether oxygens (including phenoxy) is 2. The number of β-amino-alcohol motifs (C(OH)–C–C–N with tert-alkyl or cyclic N) is 1. The number of para-hydroxylation sites is 1. The Labute approximate surface area is 441 Å². The third-order valence-corrected chi connectivity index (χ3v) is 17.0. The quantitative estimate of drug-likeness (QED) is 0.0736. The van der Waals surface area contributed by atoms with Crippen LogP contribution in [-0.4, -0.2) is 128 Å². The number of rotatable bonds is 16. The second-order valence-electron chi connectivity index (χ2n) is 21.5. The van der Waals surface area contributed by atoms with Crippen LogP contribution in [0.1, 0.15) is 94.7 Å². The molecule has 1 aliphatic carbocycles. The Bertz CT molecular complexity index is 2960. The number of hydrogen-bond donors (Lipinski definition) is 4. The summed E-state index contributed by atoms with van der Waals surface area (Å²) in [5.41, 5.74) is 14.4. The number of hydrogen-bond acceptors (Lipinski definition) is 17. The number of aliphatic hydroxyl groups excluding tert-OH is 1. The van der Waals surface area contributed by atoms with Gasteiger partial charge in [0.1, 0.15) is 23.8 Å². The minimum Gasteiger partial charge on any atom is -0.507 e. The molecule has 8 heterocycles. The number of aryl methyl sites for hydroxylation is 1. The summed E-state index contributed by atoms with van der Waals surface area (Å²) in [5.74, 6) is 1.38. The van der Waals surface area contributed by atoms with Gasteiger partial charge in [0, 0.05) is 100 Å². The lowest BCUT2D eigenvalue weighted by Gasteiger charge is -2.43. The van der Waals surface area contributed by atoms with Gasteiger partial charge in [-0.3, -0.25) is 9.59 Å². The molecule has 6 atom stereocenters. The lowest BCUT2D eigenvalue weighted by atomic mass is 9.91. The van der Waals surface area contributed by atoms with Crippen LogP contribution in [-0.2, 0) is 14.3 Å². The van der Waals surface area contributed by atoms with E-state index in [4.69, 9.17) is 19.7 Å². The molecule has 2 bridgehead atoms. The molecule has 1 saturated carbocycles. The van der Waals surface area contributed by atoms with Gasteiger partial charge < -0.3 is 54.9 Å². The third kappa shape index (κ3) is 10.6. The monoisotopic (exact) mass is 1040 g/mol. The molecular weight excluding hydrogens is 971 g/mol. The van der Waals surface area contributed by atoms with Crippen LogP contribution >= 0.6 is 11.3 Å². The molecule has 75 heavy (non-hydrogen) atoms. The van der Waals surface area contributed by atoms with Crippen LogP contribution in [0, 0.1) is 18.8 Å². The number of nitrogens with zero attached hydrogens (tertiary/aromatic N) is 9. The molecule has 4 saturated heterocycles. The largest absolute Gasteiger partial charge is 0.507 e. The zero-order valence-electron chi connectivity index (χ0n) is 43.0. The van der Waals surface area contributed by atoms with E-state index in [1.54, 1.807) is 23.5 Å². The summed E-state index contributed by atoms with van der Waals surface area (Å²) in [7, 11) is 0. The number of aromatic nitrogens is 5. The Balaban J connectivity index is 0.627. The van der Waals surface area contributed by atoms with E-state index >= 15 is 0 Å². The number of carbonyl (C=O) groups excluding carboxylic acids is 2. The molecular formula is C56H67N11O7S. The lowest BCUT2D eigenvalue weighted by Crippen LogP contribution is -2.54. The van der Waals surface area contributed by atoms with Crippen molar-refractivity contribution in [3.63, 3.8) is 0 Å². The first-order valence-corrected chi connectivity index (χ1v) is 27.4. The van der Waals surface area contributed by atoms with Gasteiger partial charge in [-0.15, -0.1) is 21.5 Å². The summed E-state index contributed by atoms with van der Waals surface area (Å²) < 4.78 is 18.8. The van der Waals surface area contributed by atoms with Crippen LogP contribution in [0.4, 0.5) is 23.0 Å². The molecule has 0 radical (unpaired) electrons. The normalized spacial score (nSPS) is 23.6. The Morgan fingerprint density at radius 1 is 0.893 bits per heavy atom. The number of fused-ring (bicyclic) bond motifs is 2. The van der Waals surface area contributed by atoms with Crippen molar-refractivity contribution in [3.05, 3.63) is 102 Å². The van der Waals surface area contributed by atoms with E-state index < -0.39 is 18.1 Å². The number of pyridine rings is 1. The van der Waals surface area contributed by atoms with Crippen LogP contribution in [0.15, 0.2) is 89.0 Å². The molecule has 6 aromatic rings. The van der Waals surface area contributed by atoms with Gasteiger partial charge in [-0.25, -0.2) is 9.97 Å². The highest BCUT2D eigenvalue weighted by molar-refractivity contribution is 7.13. The number of aromatic hydroxyl groups is 1. The predicted octanol–water partition coefficient (Wildman–Crippen LogP) is 7.53. The van der Waals surface area contributed by atoms with Gasteiger partial charge >= 0.3 is 0 Å². The van der Waals surface area contributed by atoms with Gasteiger partial charge in [0.05, 0.1) is 45.7 Å². The highest BCUT2D eigenvalue weighted by Crippen LogP contribution is 2.41.